The second-order valence-corrected chi connectivity index (χ2v) is 6.17. The van der Waals surface area contributed by atoms with E-state index in [0.717, 1.165) is 37.9 Å². The topological polar surface area (TPSA) is 38.3 Å². The largest absolute Gasteiger partial charge is 0.381 e. The summed E-state index contributed by atoms with van der Waals surface area (Å²) in [5, 5.41) is 3.90. The van der Waals surface area contributed by atoms with Crippen LogP contribution in [0.25, 0.3) is 0 Å². The van der Waals surface area contributed by atoms with E-state index in [9.17, 15) is 4.79 Å². The fourth-order valence-corrected chi connectivity index (χ4v) is 2.71. The Kier molecular flexibility index (Phi) is 6.49. The van der Waals surface area contributed by atoms with Crippen molar-refractivity contribution < 1.29 is 9.53 Å². The van der Waals surface area contributed by atoms with E-state index in [1.165, 1.54) is 12.8 Å². The lowest BCUT2D eigenvalue weighted by atomic mass is 9.81. The van der Waals surface area contributed by atoms with E-state index in [1.807, 2.05) is 0 Å². The molecule has 1 saturated carbocycles. The van der Waals surface area contributed by atoms with Crippen LogP contribution in [-0.2, 0) is 9.53 Å². The third-order valence-electron chi connectivity index (χ3n) is 3.56. The minimum absolute atomic E-state index is 0.177. The molecule has 1 aliphatic rings. The average Bonchev–Trinajstić information content (AvgIpc) is 2.63. The quantitative estimate of drug-likeness (QED) is 0.580. The fraction of sp³-hybridized carbons (Fsp3) is 0.923. The van der Waals surface area contributed by atoms with Gasteiger partial charge in [-0.2, -0.15) is 0 Å². The standard InChI is InChI=1S/C13H24BrNO2/c1-13(2)6-3-5-11(13)12(16)15-8-4-9-17-10-7-14/h11H,3-10H2,1-2H3,(H,15,16). The van der Waals surface area contributed by atoms with Crippen LogP contribution in [0.5, 0.6) is 0 Å². The number of carbonyl (C=O) groups is 1. The van der Waals surface area contributed by atoms with Crippen molar-refractivity contribution >= 4 is 21.8 Å². The summed E-state index contributed by atoms with van der Waals surface area (Å²) in [7, 11) is 0. The number of carbonyl (C=O) groups excluding carboxylic acids is 1. The second-order valence-electron chi connectivity index (χ2n) is 5.38. The summed E-state index contributed by atoms with van der Waals surface area (Å²) in [6, 6.07) is 0. The Labute approximate surface area is 113 Å². The van der Waals surface area contributed by atoms with Crippen molar-refractivity contribution in [1.29, 1.82) is 0 Å². The number of halogens is 1. The minimum atomic E-state index is 0.177. The highest BCUT2D eigenvalue weighted by Crippen LogP contribution is 2.42. The smallest absolute Gasteiger partial charge is 0.223 e. The molecule has 3 nitrogen and oxygen atoms in total. The van der Waals surface area contributed by atoms with Gasteiger partial charge in [-0.3, -0.25) is 4.79 Å². The van der Waals surface area contributed by atoms with Crippen LogP contribution in [-0.4, -0.2) is 31.0 Å². The zero-order valence-corrected chi connectivity index (χ0v) is 12.5. The number of amides is 1. The summed E-state index contributed by atoms with van der Waals surface area (Å²) in [6.45, 7) is 6.59. The molecule has 1 fully saturated rings. The highest BCUT2D eigenvalue weighted by Gasteiger charge is 2.38. The summed E-state index contributed by atoms with van der Waals surface area (Å²) in [6.07, 6.45) is 4.28. The number of hydrogen-bond acceptors (Lipinski definition) is 2. The maximum absolute atomic E-state index is 12.0. The Morgan fingerprint density at radius 3 is 2.82 bits per heavy atom. The monoisotopic (exact) mass is 305 g/mol. The molecule has 1 aliphatic carbocycles. The second kappa shape index (κ2) is 7.37. The predicted molar refractivity (Wildman–Crippen MR) is 73.4 cm³/mol. The summed E-state index contributed by atoms with van der Waals surface area (Å²) < 4.78 is 5.33. The highest BCUT2D eigenvalue weighted by molar-refractivity contribution is 9.09. The molecule has 0 saturated heterocycles. The molecule has 0 aliphatic heterocycles. The minimum Gasteiger partial charge on any atom is -0.381 e. The van der Waals surface area contributed by atoms with E-state index in [-0.39, 0.29) is 17.2 Å². The van der Waals surface area contributed by atoms with Crippen molar-refractivity contribution in [2.24, 2.45) is 11.3 Å². The van der Waals surface area contributed by atoms with Crippen LogP contribution in [0.3, 0.4) is 0 Å². The average molecular weight is 306 g/mol. The molecule has 1 amide bonds. The van der Waals surface area contributed by atoms with E-state index in [0.29, 0.717) is 0 Å². The van der Waals surface area contributed by atoms with Gasteiger partial charge in [0.2, 0.25) is 5.91 Å². The molecule has 0 aromatic carbocycles. The molecule has 0 spiro atoms. The van der Waals surface area contributed by atoms with Gasteiger partial charge >= 0.3 is 0 Å². The van der Waals surface area contributed by atoms with Crippen molar-refractivity contribution in [3.8, 4) is 0 Å². The van der Waals surface area contributed by atoms with Gasteiger partial charge in [0, 0.05) is 24.4 Å². The van der Waals surface area contributed by atoms with Crippen LogP contribution in [0.4, 0.5) is 0 Å². The molecular formula is C13H24BrNO2. The number of alkyl halides is 1. The summed E-state index contributed by atoms with van der Waals surface area (Å²) in [5.41, 5.74) is 0.177. The van der Waals surface area contributed by atoms with Gasteiger partial charge in [0.25, 0.3) is 0 Å². The fourth-order valence-electron chi connectivity index (χ4n) is 2.48. The molecule has 0 bridgehead atoms. The van der Waals surface area contributed by atoms with Gasteiger partial charge in [-0.1, -0.05) is 36.2 Å². The SMILES string of the molecule is CC1(C)CCCC1C(=O)NCCCOCCBr. The maximum atomic E-state index is 12.0. The van der Waals surface area contributed by atoms with Crippen LogP contribution in [0, 0.1) is 11.3 Å². The third-order valence-corrected chi connectivity index (χ3v) is 3.88. The highest BCUT2D eigenvalue weighted by atomic mass is 79.9. The maximum Gasteiger partial charge on any atom is 0.223 e. The van der Waals surface area contributed by atoms with Gasteiger partial charge < -0.3 is 10.1 Å². The van der Waals surface area contributed by atoms with Crippen LogP contribution in [0.2, 0.25) is 0 Å². The van der Waals surface area contributed by atoms with E-state index >= 15 is 0 Å². The van der Waals surface area contributed by atoms with Gasteiger partial charge in [0.15, 0.2) is 0 Å². The van der Waals surface area contributed by atoms with Gasteiger partial charge in [-0.05, 0) is 24.7 Å². The first-order valence-corrected chi connectivity index (χ1v) is 7.61. The third kappa shape index (κ3) is 4.96. The van der Waals surface area contributed by atoms with Crippen molar-refractivity contribution in [1.82, 2.24) is 5.32 Å². The molecule has 1 unspecified atom stereocenters. The lowest BCUT2D eigenvalue weighted by Crippen LogP contribution is -2.36. The van der Waals surface area contributed by atoms with Crippen LogP contribution >= 0.6 is 15.9 Å². The van der Waals surface area contributed by atoms with E-state index in [1.54, 1.807) is 0 Å². The van der Waals surface area contributed by atoms with Crippen molar-refractivity contribution in [3.05, 3.63) is 0 Å². The molecule has 1 N–H and O–H groups in total. The zero-order valence-electron chi connectivity index (χ0n) is 10.9. The number of rotatable bonds is 7. The molecular weight excluding hydrogens is 282 g/mol. The Hall–Kier alpha value is -0.0900. The molecule has 100 valence electrons. The molecule has 4 heteroatoms. The molecule has 0 radical (unpaired) electrons. The number of nitrogens with one attached hydrogen (secondary N) is 1. The van der Waals surface area contributed by atoms with Crippen LogP contribution < -0.4 is 5.32 Å². The van der Waals surface area contributed by atoms with E-state index in [2.05, 4.69) is 35.1 Å². The first-order valence-electron chi connectivity index (χ1n) is 6.49. The Balaban J connectivity index is 2.13. The first-order chi connectivity index (χ1) is 8.08. The molecule has 0 aromatic rings. The normalized spacial score (nSPS) is 22.6. The van der Waals surface area contributed by atoms with Crippen LogP contribution in [0.1, 0.15) is 39.5 Å². The predicted octanol–water partition coefficient (Wildman–Crippen LogP) is 2.73. The Bertz CT molecular complexity index is 244. The van der Waals surface area contributed by atoms with Gasteiger partial charge in [-0.15, -0.1) is 0 Å². The lowest BCUT2D eigenvalue weighted by Gasteiger charge is -2.25. The van der Waals surface area contributed by atoms with Gasteiger partial charge in [-0.25, -0.2) is 0 Å². The first kappa shape index (κ1) is 15.0. The van der Waals surface area contributed by atoms with Crippen molar-refractivity contribution in [2.75, 3.05) is 25.1 Å². The van der Waals surface area contributed by atoms with E-state index in [4.69, 9.17) is 4.74 Å². The summed E-state index contributed by atoms with van der Waals surface area (Å²) in [4.78, 5) is 12.0. The molecule has 1 rings (SSSR count). The molecule has 1 atom stereocenters. The van der Waals surface area contributed by atoms with Crippen molar-refractivity contribution in [3.63, 3.8) is 0 Å². The number of hydrogen-bond donors (Lipinski definition) is 1. The summed E-state index contributed by atoms with van der Waals surface area (Å²) >= 11 is 3.30. The van der Waals surface area contributed by atoms with Gasteiger partial charge in [0.1, 0.15) is 0 Å². The molecule has 0 heterocycles. The molecule has 17 heavy (non-hydrogen) atoms. The van der Waals surface area contributed by atoms with Gasteiger partial charge in [0.05, 0.1) is 6.61 Å². The Morgan fingerprint density at radius 1 is 1.47 bits per heavy atom. The van der Waals surface area contributed by atoms with Crippen LogP contribution in [0.15, 0.2) is 0 Å². The summed E-state index contributed by atoms with van der Waals surface area (Å²) in [5.74, 6) is 0.430. The van der Waals surface area contributed by atoms with E-state index < -0.39 is 0 Å². The number of ether oxygens (including phenoxy) is 1. The molecule has 0 aromatic heterocycles. The lowest BCUT2D eigenvalue weighted by molar-refractivity contribution is -0.127. The Morgan fingerprint density at radius 2 is 2.24 bits per heavy atom. The van der Waals surface area contributed by atoms with Crippen molar-refractivity contribution in [2.45, 2.75) is 39.5 Å². The zero-order chi connectivity index (χ0) is 12.7.